The second kappa shape index (κ2) is 9.24. The Morgan fingerprint density at radius 1 is 1.21 bits per heavy atom. The first kappa shape index (κ1) is 20.3. The molecule has 6 nitrogen and oxygen atoms in total. The van der Waals surface area contributed by atoms with Crippen LogP contribution >= 0.6 is 12.2 Å². The van der Waals surface area contributed by atoms with Crippen LogP contribution in [-0.4, -0.2) is 53.5 Å². The maximum Gasteiger partial charge on any atom is 0.253 e. The molecule has 2 saturated heterocycles. The Morgan fingerprint density at radius 2 is 1.97 bits per heavy atom. The van der Waals surface area contributed by atoms with Crippen LogP contribution in [0.2, 0.25) is 0 Å². The van der Waals surface area contributed by atoms with Crippen molar-refractivity contribution < 1.29 is 9.47 Å². The zero-order valence-corrected chi connectivity index (χ0v) is 17.7. The highest BCUT2D eigenvalue weighted by molar-refractivity contribution is 7.80. The van der Waals surface area contributed by atoms with Gasteiger partial charge in [0, 0.05) is 37.4 Å². The molecule has 1 aromatic carbocycles. The van der Waals surface area contributed by atoms with Crippen LogP contribution in [0.3, 0.4) is 0 Å². The normalized spacial score (nSPS) is 21.6. The van der Waals surface area contributed by atoms with E-state index >= 15 is 0 Å². The van der Waals surface area contributed by atoms with E-state index in [4.69, 9.17) is 21.7 Å². The fourth-order valence-electron chi connectivity index (χ4n) is 4.07. The molecule has 2 atom stereocenters. The fraction of sp³-hybridized carbons (Fsp3) is 0.545. The number of H-pyrrole nitrogens is 1. The summed E-state index contributed by atoms with van der Waals surface area (Å²) in [6.45, 7) is 5.51. The van der Waals surface area contributed by atoms with E-state index in [1.165, 1.54) is 5.56 Å². The first-order valence-corrected chi connectivity index (χ1v) is 10.9. The first-order chi connectivity index (χ1) is 14.1. The van der Waals surface area contributed by atoms with E-state index in [9.17, 15) is 4.79 Å². The number of nitrogens with zero attached hydrogens (tertiary/aromatic N) is 1. The minimum Gasteiger partial charge on any atom is -0.376 e. The topological polar surface area (TPSA) is 66.6 Å². The molecule has 1 aromatic heterocycles. The number of rotatable bonds is 6. The maximum absolute atomic E-state index is 12.7. The van der Waals surface area contributed by atoms with Crippen molar-refractivity contribution in [2.75, 3.05) is 26.3 Å². The Kier molecular flexibility index (Phi) is 6.47. The second-order valence-corrected chi connectivity index (χ2v) is 8.44. The van der Waals surface area contributed by atoms with Crippen LogP contribution in [0.1, 0.15) is 36.8 Å². The predicted octanol–water partition coefficient (Wildman–Crippen LogP) is 2.87. The molecule has 4 rings (SSSR count). The molecule has 0 aliphatic carbocycles. The molecule has 156 valence electrons. The monoisotopic (exact) mass is 415 g/mol. The van der Waals surface area contributed by atoms with Crippen molar-refractivity contribution in [3.8, 4) is 0 Å². The van der Waals surface area contributed by atoms with Crippen molar-refractivity contribution in [2.45, 2.75) is 51.4 Å². The first-order valence-electron chi connectivity index (χ1n) is 10.5. The van der Waals surface area contributed by atoms with Gasteiger partial charge in [0.25, 0.3) is 5.56 Å². The third-order valence-electron chi connectivity index (χ3n) is 5.68. The lowest BCUT2D eigenvalue weighted by molar-refractivity contribution is 0.0885. The quantitative estimate of drug-likeness (QED) is 0.708. The molecule has 0 spiro atoms. The van der Waals surface area contributed by atoms with Crippen LogP contribution in [-0.2, 0) is 16.0 Å². The van der Waals surface area contributed by atoms with Crippen molar-refractivity contribution in [3.05, 3.63) is 45.7 Å². The highest BCUT2D eigenvalue weighted by Crippen LogP contribution is 2.17. The van der Waals surface area contributed by atoms with E-state index in [1.54, 1.807) is 0 Å². The Bertz CT molecular complexity index is 917. The van der Waals surface area contributed by atoms with Crippen molar-refractivity contribution >= 4 is 28.2 Å². The third kappa shape index (κ3) is 5.15. The molecule has 2 aliphatic rings. The standard InChI is InChI=1S/C22H29N3O3S/c1-15-6-7-20-16(10-15)11-17(21(26)24-20)13-25(14-19-5-3-9-28-19)22(29)23-12-18-4-2-8-27-18/h6-7,10-11,18-19H,2-5,8-9,12-14H2,1H3,(H,23,29)(H,24,26)/t18-,19-/m0/s1. The highest BCUT2D eigenvalue weighted by atomic mass is 32.1. The fourth-order valence-corrected chi connectivity index (χ4v) is 4.29. The summed E-state index contributed by atoms with van der Waals surface area (Å²) in [4.78, 5) is 17.7. The van der Waals surface area contributed by atoms with Gasteiger partial charge in [-0.05, 0) is 68.4 Å². The molecule has 0 unspecified atom stereocenters. The predicted molar refractivity (Wildman–Crippen MR) is 118 cm³/mol. The van der Waals surface area contributed by atoms with Gasteiger partial charge in [0.05, 0.1) is 18.8 Å². The largest absolute Gasteiger partial charge is 0.376 e. The molecule has 2 aliphatic heterocycles. The summed E-state index contributed by atoms with van der Waals surface area (Å²) in [5.74, 6) is 0. The highest BCUT2D eigenvalue weighted by Gasteiger charge is 2.23. The van der Waals surface area contributed by atoms with Gasteiger partial charge in [-0.25, -0.2) is 0 Å². The van der Waals surface area contributed by atoms with Gasteiger partial charge < -0.3 is 24.7 Å². The molecule has 0 bridgehead atoms. The number of aryl methyl sites for hydroxylation is 1. The SMILES string of the molecule is Cc1ccc2[nH]c(=O)c(CN(C[C@@H]3CCCO3)C(=S)NC[C@@H]3CCCO3)cc2c1. The van der Waals surface area contributed by atoms with E-state index in [2.05, 4.69) is 28.2 Å². The molecule has 0 amide bonds. The van der Waals surface area contributed by atoms with E-state index in [0.717, 1.165) is 49.8 Å². The Balaban J connectivity index is 1.51. The Morgan fingerprint density at radius 3 is 2.69 bits per heavy atom. The summed E-state index contributed by atoms with van der Waals surface area (Å²) in [5.41, 5.74) is 2.66. The van der Waals surface area contributed by atoms with Gasteiger partial charge in [0.15, 0.2) is 5.11 Å². The molecule has 7 heteroatoms. The van der Waals surface area contributed by atoms with Crippen molar-refractivity contribution in [3.63, 3.8) is 0 Å². The minimum atomic E-state index is -0.0689. The number of nitrogens with one attached hydrogen (secondary N) is 2. The van der Waals surface area contributed by atoms with Crippen LogP contribution in [0.15, 0.2) is 29.1 Å². The number of aromatic amines is 1. The van der Waals surface area contributed by atoms with Gasteiger partial charge >= 0.3 is 0 Å². The average Bonchev–Trinajstić information content (AvgIpc) is 3.40. The van der Waals surface area contributed by atoms with Gasteiger partial charge in [0.2, 0.25) is 0 Å². The number of benzene rings is 1. The molecular weight excluding hydrogens is 386 g/mol. The number of hydrogen-bond acceptors (Lipinski definition) is 4. The Hall–Kier alpha value is -1.96. The summed E-state index contributed by atoms with van der Waals surface area (Å²) in [5, 5.41) is 5.04. The second-order valence-electron chi connectivity index (χ2n) is 8.05. The zero-order chi connectivity index (χ0) is 20.2. The third-order valence-corrected chi connectivity index (χ3v) is 6.08. The number of fused-ring (bicyclic) bond motifs is 1. The van der Waals surface area contributed by atoms with Crippen molar-refractivity contribution in [2.24, 2.45) is 0 Å². The lowest BCUT2D eigenvalue weighted by atomic mass is 10.1. The van der Waals surface area contributed by atoms with E-state index in [0.29, 0.717) is 30.3 Å². The van der Waals surface area contributed by atoms with Gasteiger partial charge in [-0.15, -0.1) is 0 Å². The summed E-state index contributed by atoms with van der Waals surface area (Å²) in [6, 6.07) is 8.03. The molecule has 2 aromatic rings. The van der Waals surface area contributed by atoms with Crippen LogP contribution in [0.5, 0.6) is 0 Å². The van der Waals surface area contributed by atoms with Crippen LogP contribution < -0.4 is 10.9 Å². The molecule has 3 heterocycles. The number of thiocarbonyl (C=S) groups is 1. The zero-order valence-electron chi connectivity index (χ0n) is 16.9. The number of pyridine rings is 1. The number of hydrogen-bond donors (Lipinski definition) is 2. The minimum absolute atomic E-state index is 0.0689. The lowest BCUT2D eigenvalue weighted by Crippen LogP contribution is -2.45. The average molecular weight is 416 g/mol. The van der Waals surface area contributed by atoms with Crippen LogP contribution in [0.25, 0.3) is 10.9 Å². The number of ether oxygens (including phenoxy) is 2. The van der Waals surface area contributed by atoms with E-state index in [-0.39, 0.29) is 17.8 Å². The van der Waals surface area contributed by atoms with Crippen LogP contribution in [0, 0.1) is 6.92 Å². The lowest BCUT2D eigenvalue weighted by Gasteiger charge is -2.28. The van der Waals surface area contributed by atoms with E-state index < -0.39 is 0 Å². The van der Waals surface area contributed by atoms with Gasteiger partial charge in [-0.3, -0.25) is 4.79 Å². The summed E-state index contributed by atoms with van der Waals surface area (Å²) in [7, 11) is 0. The summed E-state index contributed by atoms with van der Waals surface area (Å²) >= 11 is 5.70. The molecule has 2 fully saturated rings. The van der Waals surface area contributed by atoms with Crippen molar-refractivity contribution in [1.82, 2.24) is 15.2 Å². The molecule has 2 N–H and O–H groups in total. The van der Waals surface area contributed by atoms with Crippen molar-refractivity contribution in [1.29, 1.82) is 0 Å². The van der Waals surface area contributed by atoms with Crippen LogP contribution in [0.4, 0.5) is 0 Å². The maximum atomic E-state index is 12.7. The summed E-state index contributed by atoms with van der Waals surface area (Å²) < 4.78 is 11.5. The van der Waals surface area contributed by atoms with Gasteiger partial charge in [0.1, 0.15) is 0 Å². The molecular formula is C22H29N3O3S. The van der Waals surface area contributed by atoms with E-state index in [1.807, 2.05) is 18.2 Å². The van der Waals surface area contributed by atoms with Gasteiger partial charge in [-0.2, -0.15) is 0 Å². The Labute approximate surface area is 176 Å². The molecule has 0 radical (unpaired) electrons. The van der Waals surface area contributed by atoms with Gasteiger partial charge in [-0.1, -0.05) is 11.6 Å². The smallest absolute Gasteiger partial charge is 0.253 e. The molecule has 29 heavy (non-hydrogen) atoms. The molecule has 0 saturated carbocycles. The number of aromatic nitrogens is 1. The summed E-state index contributed by atoms with van der Waals surface area (Å²) in [6.07, 6.45) is 4.63.